The number of hydrogen-bond donors (Lipinski definition) is 4. The van der Waals surface area contributed by atoms with Gasteiger partial charge in [0.05, 0.1) is 0 Å². The first kappa shape index (κ1) is 12.0. The van der Waals surface area contributed by atoms with Crippen LogP contribution in [0.4, 0.5) is 10.6 Å². The van der Waals surface area contributed by atoms with Gasteiger partial charge in [0.1, 0.15) is 5.82 Å². The minimum absolute atomic E-state index is 0.0385. The fourth-order valence-electron chi connectivity index (χ4n) is 1.02. The number of aromatic nitrogens is 1. The minimum Gasteiger partial charge on any atom is -0.354 e. The van der Waals surface area contributed by atoms with Crippen LogP contribution in [-0.2, 0) is 0 Å². The van der Waals surface area contributed by atoms with Gasteiger partial charge >= 0.3 is 6.03 Å². The highest BCUT2D eigenvalue weighted by atomic mass is 16.2. The van der Waals surface area contributed by atoms with Crippen molar-refractivity contribution in [3.8, 4) is 0 Å². The van der Waals surface area contributed by atoms with E-state index in [-0.39, 0.29) is 12.0 Å². The van der Waals surface area contributed by atoms with Gasteiger partial charge in [-0.3, -0.25) is 16.0 Å². The second kappa shape index (κ2) is 5.69. The Bertz CT molecular complexity index is 363. The molecule has 1 aromatic heterocycles. The van der Waals surface area contributed by atoms with Gasteiger partial charge in [0.2, 0.25) is 0 Å². The summed E-state index contributed by atoms with van der Waals surface area (Å²) < 4.78 is 0. The molecular formula is C10H15N5O. The maximum absolute atomic E-state index is 11.4. The van der Waals surface area contributed by atoms with Crippen molar-refractivity contribution in [2.45, 2.75) is 19.9 Å². The number of carbonyl (C=O) groups is 1. The van der Waals surface area contributed by atoms with E-state index >= 15 is 0 Å². The molecule has 0 spiro atoms. The zero-order valence-electron chi connectivity index (χ0n) is 9.24. The number of nitrogens with zero attached hydrogens (tertiary/aromatic N) is 1. The lowest BCUT2D eigenvalue weighted by Crippen LogP contribution is -2.44. The smallest absolute Gasteiger partial charge is 0.327 e. The third-order valence-corrected chi connectivity index (χ3v) is 1.58. The number of amides is 2. The molecule has 1 aromatic rings. The number of rotatable bonds is 2. The Morgan fingerprint density at radius 3 is 2.75 bits per heavy atom. The third kappa shape index (κ3) is 4.41. The molecule has 6 heteroatoms. The maximum Gasteiger partial charge on any atom is 0.327 e. The first-order chi connectivity index (χ1) is 7.58. The summed E-state index contributed by atoms with van der Waals surface area (Å²) >= 11 is 0. The van der Waals surface area contributed by atoms with Gasteiger partial charge in [-0.1, -0.05) is 6.07 Å². The van der Waals surface area contributed by atoms with E-state index in [1.807, 2.05) is 13.8 Å². The largest absolute Gasteiger partial charge is 0.354 e. The topological polar surface area (TPSA) is 89.9 Å². The van der Waals surface area contributed by atoms with Gasteiger partial charge in [-0.25, -0.2) is 9.78 Å². The first-order valence-corrected chi connectivity index (χ1v) is 4.92. The van der Waals surface area contributed by atoms with Crippen molar-refractivity contribution in [3.05, 3.63) is 24.4 Å². The molecule has 0 radical (unpaired) electrons. The second-order valence-electron chi connectivity index (χ2n) is 3.47. The molecule has 0 saturated carbocycles. The summed E-state index contributed by atoms with van der Waals surface area (Å²) in [5.74, 6) is 0.403. The molecule has 1 heterocycles. The van der Waals surface area contributed by atoms with Crippen LogP contribution in [0.25, 0.3) is 0 Å². The molecule has 0 aliphatic carbocycles. The van der Waals surface area contributed by atoms with Gasteiger partial charge in [-0.15, -0.1) is 0 Å². The van der Waals surface area contributed by atoms with Crippen molar-refractivity contribution in [1.29, 1.82) is 5.41 Å². The highest BCUT2D eigenvalue weighted by Gasteiger charge is 2.05. The number of anilines is 1. The van der Waals surface area contributed by atoms with Gasteiger partial charge in [0.25, 0.3) is 0 Å². The standard InChI is InChI=1S/C10H15N5O/c1-7(2)13-9(11)15-10(16)14-8-5-3-4-6-12-8/h3-7H,1-2H3,(H4,11,12,13,14,15,16). The average molecular weight is 221 g/mol. The molecular weight excluding hydrogens is 206 g/mol. The van der Waals surface area contributed by atoms with Crippen LogP contribution >= 0.6 is 0 Å². The van der Waals surface area contributed by atoms with Crippen molar-refractivity contribution < 1.29 is 4.79 Å². The minimum atomic E-state index is -0.489. The summed E-state index contributed by atoms with van der Waals surface area (Å²) in [6, 6.07) is 4.80. The van der Waals surface area contributed by atoms with E-state index < -0.39 is 6.03 Å². The van der Waals surface area contributed by atoms with Crippen LogP contribution in [0, 0.1) is 5.41 Å². The van der Waals surface area contributed by atoms with Gasteiger partial charge in [0.15, 0.2) is 5.96 Å². The molecule has 0 bridgehead atoms. The van der Waals surface area contributed by atoms with Gasteiger partial charge in [0, 0.05) is 12.2 Å². The predicted molar refractivity (Wildman–Crippen MR) is 62.4 cm³/mol. The monoisotopic (exact) mass is 221 g/mol. The zero-order valence-corrected chi connectivity index (χ0v) is 9.24. The molecule has 0 aliphatic heterocycles. The molecule has 2 amide bonds. The first-order valence-electron chi connectivity index (χ1n) is 4.92. The van der Waals surface area contributed by atoms with E-state index in [1.165, 1.54) is 0 Å². The highest BCUT2D eigenvalue weighted by Crippen LogP contribution is 1.98. The molecule has 4 N–H and O–H groups in total. The average Bonchev–Trinajstić information content (AvgIpc) is 2.17. The number of urea groups is 1. The molecule has 0 aliphatic rings. The lowest BCUT2D eigenvalue weighted by Gasteiger charge is -2.12. The van der Waals surface area contributed by atoms with E-state index in [1.54, 1.807) is 24.4 Å². The number of nitrogens with one attached hydrogen (secondary N) is 4. The van der Waals surface area contributed by atoms with Crippen molar-refractivity contribution in [1.82, 2.24) is 15.6 Å². The fourth-order valence-corrected chi connectivity index (χ4v) is 1.02. The van der Waals surface area contributed by atoms with Gasteiger partial charge in [-0.05, 0) is 26.0 Å². The van der Waals surface area contributed by atoms with Crippen LogP contribution < -0.4 is 16.0 Å². The Labute approximate surface area is 94.0 Å². The lowest BCUT2D eigenvalue weighted by molar-refractivity contribution is 0.255. The SMILES string of the molecule is CC(C)NC(=N)NC(=O)Nc1ccccn1. The Morgan fingerprint density at radius 1 is 1.44 bits per heavy atom. The van der Waals surface area contributed by atoms with Crippen LogP contribution in [-0.4, -0.2) is 23.0 Å². The van der Waals surface area contributed by atoms with E-state index in [9.17, 15) is 4.79 Å². The van der Waals surface area contributed by atoms with E-state index in [2.05, 4.69) is 20.9 Å². The Kier molecular flexibility index (Phi) is 4.26. The third-order valence-electron chi connectivity index (χ3n) is 1.58. The van der Waals surface area contributed by atoms with Crippen molar-refractivity contribution in [2.75, 3.05) is 5.32 Å². The molecule has 0 atom stereocenters. The Morgan fingerprint density at radius 2 is 2.19 bits per heavy atom. The molecule has 1 rings (SSSR count). The zero-order chi connectivity index (χ0) is 12.0. The van der Waals surface area contributed by atoms with Crippen LogP contribution in [0.15, 0.2) is 24.4 Å². The molecule has 6 nitrogen and oxygen atoms in total. The quantitative estimate of drug-likeness (QED) is 0.446. The Balaban J connectivity index is 2.39. The van der Waals surface area contributed by atoms with Crippen LogP contribution in [0.5, 0.6) is 0 Å². The molecule has 0 fully saturated rings. The Hall–Kier alpha value is -2.11. The van der Waals surface area contributed by atoms with Crippen LogP contribution in [0.2, 0.25) is 0 Å². The highest BCUT2D eigenvalue weighted by molar-refractivity contribution is 6.00. The van der Waals surface area contributed by atoms with E-state index in [4.69, 9.17) is 5.41 Å². The maximum atomic E-state index is 11.4. The number of hydrogen-bond acceptors (Lipinski definition) is 3. The van der Waals surface area contributed by atoms with Gasteiger partial charge in [-0.2, -0.15) is 0 Å². The molecule has 86 valence electrons. The van der Waals surface area contributed by atoms with E-state index in [0.29, 0.717) is 5.82 Å². The molecule has 0 unspecified atom stereocenters. The second-order valence-corrected chi connectivity index (χ2v) is 3.47. The predicted octanol–water partition coefficient (Wildman–Crippen LogP) is 1.14. The summed E-state index contributed by atoms with van der Waals surface area (Å²) in [7, 11) is 0. The molecule has 0 aromatic carbocycles. The fraction of sp³-hybridized carbons (Fsp3) is 0.300. The van der Waals surface area contributed by atoms with Crippen molar-refractivity contribution in [2.24, 2.45) is 0 Å². The summed E-state index contributed by atoms with van der Waals surface area (Å²) in [4.78, 5) is 15.3. The molecule has 16 heavy (non-hydrogen) atoms. The number of guanidine groups is 1. The van der Waals surface area contributed by atoms with Crippen molar-refractivity contribution >= 4 is 17.8 Å². The lowest BCUT2D eigenvalue weighted by atomic mass is 10.4. The summed E-state index contributed by atoms with van der Waals surface area (Å²) in [6.45, 7) is 3.76. The summed E-state index contributed by atoms with van der Waals surface area (Å²) in [5, 5.41) is 15.0. The summed E-state index contributed by atoms with van der Waals surface area (Å²) in [5.41, 5.74) is 0. The van der Waals surface area contributed by atoms with E-state index in [0.717, 1.165) is 0 Å². The normalized spacial score (nSPS) is 9.69. The van der Waals surface area contributed by atoms with Crippen molar-refractivity contribution in [3.63, 3.8) is 0 Å². The number of pyridine rings is 1. The van der Waals surface area contributed by atoms with Crippen LogP contribution in [0.1, 0.15) is 13.8 Å². The van der Waals surface area contributed by atoms with Crippen LogP contribution in [0.3, 0.4) is 0 Å². The molecule has 0 saturated heterocycles. The number of carbonyl (C=O) groups excluding carboxylic acids is 1. The summed E-state index contributed by atoms with van der Waals surface area (Å²) in [6.07, 6.45) is 1.58. The van der Waals surface area contributed by atoms with Gasteiger partial charge < -0.3 is 5.32 Å².